The number of nitrogens with zero attached hydrogens (tertiary/aromatic N) is 2. The molecule has 0 spiro atoms. The van der Waals surface area contributed by atoms with Gasteiger partial charge < -0.3 is 0 Å². The fraction of sp³-hybridized carbons (Fsp3) is 0.688. The van der Waals surface area contributed by atoms with Crippen LogP contribution in [-0.4, -0.2) is 22.3 Å². The Hall–Kier alpha value is -1.63. The number of hydrogen-bond donors (Lipinski definition) is 0. The fourth-order valence-electron chi connectivity index (χ4n) is 3.85. The number of rotatable bonds is 1. The van der Waals surface area contributed by atoms with Crippen molar-refractivity contribution in [3.05, 3.63) is 12.2 Å². The normalized spacial score (nSPS) is 40.6. The zero-order valence-electron chi connectivity index (χ0n) is 11.8. The van der Waals surface area contributed by atoms with E-state index in [0.29, 0.717) is 31.6 Å². The summed E-state index contributed by atoms with van der Waals surface area (Å²) in [7, 11) is 0. The molecule has 0 N–H and O–H groups in total. The van der Waals surface area contributed by atoms with Gasteiger partial charge in [-0.3, -0.25) is 14.5 Å². The molecule has 1 heterocycles. The van der Waals surface area contributed by atoms with Crippen molar-refractivity contribution >= 4 is 11.8 Å². The number of imide groups is 1. The first-order chi connectivity index (χ1) is 9.59. The average Bonchev–Trinajstić information content (AvgIpc) is 2.74. The first kappa shape index (κ1) is 13.4. The summed E-state index contributed by atoms with van der Waals surface area (Å²) in [5.41, 5.74) is -0.877. The van der Waals surface area contributed by atoms with Gasteiger partial charge in [0.25, 0.3) is 0 Å². The Morgan fingerprint density at radius 1 is 1.15 bits per heavy atom. The molecule has 1 aliphatic heterocycles. The van der Waals surface area contributed by atoms with E-state index in [1.165, 1.54) is 4.90 Å². The Balaban J connectivity index is 1.91. The van der Waals surface area contributed by atoms with Crippen molar-refractivity contribution in [1.82, 2.24) is 4.90 Å². The molecule has 2 aliphatic carbocycles. The molecule has 2 amide bonds. The number of nitriles is 1. The highest BCUT2D eigenvalue weighted by molar-refractivity contribution is 6.06. The lowest BCUT2D eigenvalue weighted by molar-refractivity contribution is -0.146. The monoisotopic (exact) mass is 272 g/mol. The Morgan fingerprint density at radius 2 is 1.65 bits per heavy atom. The van der Waals surface area contributed by atoms with E-state index < -0.39 is 5.54 Å². The molecule has 0 aromatic heterocycles. The summed E-state index contributed by atoms with van der Waals surface area (Å²) < 4.78 is 0. The molecule has 0 bridgehead atoms. The summed E-state index contributed by atoms with van der Waals surface area (Å²) >= 11 is 0. The van der Waals surface area contributed by atoms with E-state index in [4.69, 9.17) is 0 Å². The van der Waals surface area contributed by atoms with E-state index in [9.17, 15) is 14.9 Å². The van der Waals surface area contributed by atoms with Gasteiger partial charge >= 0.3 is 0 Å². The highest BCUT2D eigenvalue weighted by Crippen LogP contribution is 2.44. The average molecular weight is 272 g/mol. The number of allylic oxidation sites excluding steroid dienone is 2. The molecule has 2 atom stereocenters. The Kier molecular flexibility index (Phi) is 3.16. The molecule has 1 saturated heterocycles. The van der Waals surface area contributed by atoms with Crippen molar-refractivity contribution in [2.75, 3.05) is 0 Å². The standard InChI is InChI=1S/C16H20N2O2/c1-11-6-8-16(10-17,9-7-11)18-14(19)12-4-2-3-5-13(12)15(18)20/h2-3,11-13H,4-9H2,1H3. The van der Waals surface area contributed by atoms with Crippen molar-refractivity contribution in [3.63, 3.8) is 0 Å². The Labute approximate surface area is 119 Å². The first-order valence-corrected chi connectivity index (χ1v) is 7.53. The van der Waals surface area contributed by atoms with Gasteiger partial charge in [-0.05, 0) is 44.4 Å². The number of carbonyl (C=O) groups excluding carboxylic acids is 2. The zero-order chi connectivity index (χ0) is 14.3. The van der Waals surface area contributed by atoms with Crippen LogP contribution in [0.5, 0.6) is 0 Å². The lowest BCUT2D eigenvalue weighted by Gasteiger charge is -2.39. The summed E-state index contributed by atoms with van der Waals surface area (Å²) in [5.74, 6) is -0.0942. The SMILES string of the molecule is CC1CCC(C#N)(N2C(=O)C3CC=CCC3C2=O)CC1. The van der Waals surface area contributed by atoms with Crippen molar-refractivity contribution < 1.29 is 9.59 Å². The summed E-state index contributed by atoms with van der Waals surface area (Å²) in [6.45, 7) is 2.17. The fourth-order valence-corrected chi connectivity index (χ4v) is 3.85. The van der Waals surface area contributed by atoms with Gasteiger partial charge in [-0.15, -0.1) is 0 Å². The molecule has 0 aromatic carbocycles. The first-order valence-electron chi connectivity index (χ1n) is 7.53. The third-order valence-electron chi connectivity index (χ3n) is 5.25. The molecule has 2 unspecified atom stereocenters. The summed E-state index contributed by atoms with van der Waals surface area (Å²) in [6.07, 6.45) is 8.35. The van der Waals surface area contributed by atoms with E-state index in [2.05, 4.69) is 13.0 Å². The van der Waals surface area contributed by atoms with Gasteiger partial charge in [-0.1, -0.05) is 19.1 Å². The minimum atomic E-state index is -0.877. The number of likely N-dealkylation sites (tertiary alicyclic amines) is 1. The highest BCUT2D eigenvalue weighted by Gasteiger charge is 2.55. The molecule has 2 fully saturated rings. The Morgan fingerprint density at radius 3 is 2.10 bits per heavy atom. The van der Waals surface area contributed by atoms with Crippen LogP contribution in [0.1, 0.15) is 45.4 Å². The summed E-state index contributed by atoms with van der Waals surface area (Å²) in [5, 5.41) is 9.65. The second kappa shape index (κ2) is 4.73. The van der Waals surface area contributed by atoms with Crippen molar-refractivity contribution in [3.8, 4) is 6.07 Å². The number of carbonyl (C=O) groups is 2. The second-order valence-electron chi connectivity index (χ2n) is 6.49. The lowest BCUT2D eigenvalue weighted by Crippen LogP contribution is -2.53. The van der Waals surface area contributed by atoms with Gasteiger partial charge in [0.05, 0.1) is 17.9 Å². The third-order valence-corrected chi connectivity index (χ3v) is 5.25. The third kappa shape index (κ3) is 1.80. The summed E-state index contributed by atoms with van der Waals surface area (Å²) in [4.78, 5) is 26.6. The maximum absolute atomic E-state index is 12.6. The van der Waals surface area contributed by atoms with Crippen LogP contribution in [0.25, 0.3) is 0 Å². The van der Waals surface area contributed by atoms with Crippen LogP contribution in [0, 0.1) is 29.1 Å². The molecular formula is C16H20N2O2. The summed E-state index contributed by atoms with van der Waals surface area (Å²) in [6, 6.07) is 2.31. The number of hydrogen-bond acceptors (Lipinski definition) is 3. The van der Waals surface area contributed by atoms with Gasteiger partial charge in [0.1, 0.15) is 5.54 Å². The topological polar surface area (TPSA) is 61.2 Å². The second-order valence-corrected chi connectivity index (χ2v) is 6.49. The van der Waals surface area contributed by atoms with Crippen LogP contribution < -0.4 is 0 Å². The minimum absolute atomic E-state index is 0.111. The van der Waals surface area contributed by atoms with Gasteiger partial charge in [0.2, 0.25) is 11.8 Å². The van der Waals surface area contributed by atoms with Crippen LogP contribution >= 0.6 is 0 Å². The molecule has 3 aliphatic rings. The molecule has 20 heavy (non-hydrogen) atoms. The minimum Gasteiger partial charge on any atom is -0.274 e. The molecule has 1 saturated carbocycles. The van der Waals surface area contributed by atoms with Crippen LogP contribution in [0.2, 0.25) is 0 Å². The van der Waals surface area contributed by atoms with Crippen LogP contribution in [0.3, 0.4) is 0 Å². The van der Waals surface area contributed by atoms with Crippen molar-refractivity contribution in [1.29, 1.82) is 5.26 Å². The van der Waals surface area contributed by atoms with Gasteiger partial charge in [0, 0.05) is 0 Å². The lowest BCUT2D eigenvalue weighted by atomic mass is 9.77. The molecular weight excluding hydrogens is 252 g/mol. The van der Waals surface area contributed by atoms with Crippen LogP contribution in [0.15, 0.2) is 12.2 Å². The van der Waals surface area contributed by atoms with Crippen LogP contribution in [0.4, 0.5) is 0 Å². The van der Waals surface area contributed by atoms with E-state index in [0.717, 1.165) is 12.8 Å². The number of fused-ring (bicyclic) bond motifs is 1. The Bertz CT molecular complexity index is 483. The quantitative estimate of drug-likeness (QED) is 0.544. The van der Waals surface area contributed by atoms with E-state index in [1.807, 2.05) is 12.2 Å². The van der Waals surface area contributed by atoms with Gasteiger partial charge in [-0.25, -0.2) is 0 Å². The van der Waals surface area contributed by atoms with Crippen LogP contribution in [-0.2, 0) is 9.59 Å². The maximum atomic E-state index is 12.6. The van der Waals surface area contributed by atoms with Gasteiger partial charge in [0.15, 0.2) is 0 Å². The predicted molar refractivity (Wildman–Crippen MR) is 73.2 cm³/mol. The number of amides is 2. The smallest absolute Gasteiger partial charge is 0.234 e. The molecule has 3 rings (SSSR count). The van der Waals surface area contributed by atoms with E-state index >= 15 is 0 Å². The largest absolute Gasteiger partial charge is 0.274 e. The van der Waals surface area contributed by atoms with Crippen molar-refractivity contribution in [2.45, 2.75) is 51.0 Å². The molecule has 4 heteroatoms. The molecule has 0 aromatic rings. The zero-order valence-corrected chi connectivity index (χ0v) is 11.8. The van der Waals surface area contributed by atoms with Crippen molar-refractivity contribution in [2.24, 2.45) is 17.8 Å². The van der Waals surface area contributed by atoms with E-state index in [1.54, 1.807) is 0 Å². The highest BCUT2D eigenvalue weighted by atomic mass is 16.2. The predicted octanol–water partition coefficient (Wildman–Crippen LogP) is 2.41. The maximum Gasteiger partial charge on any atom is 0.234 e. The van der Waals surface area contributed by atoms with E-state index in [-0.39, 0.29) is 23.7 Å². The van der Waals surface area contributed by atoms with Gasteiger partial charge in [-0.2, -0.15) is 5.26 Å². The molecule has 4 nitrogen and oxygen atoms in total. The molecule has 0 radical (unpaired) electrons. The molecule has 106 valence electrons.